The molecule has 116 valence electrons. The molecule has 0 saturated carbocycles. The van der Waals surface area contributed by atoms with Crippen LogP contribution < -0.4 is 5.32 Å². The molecule has 0 fully saturated rings. The molecule has 0 aliphatic heterocycles. The number of nitrogens with zero attached hydrogens (tertiary/aromatic N) is 2. The Morgan fingerprint density at radius 1 is 1.09 bits per heavy atom. The fourth-order valence-corrected chi connectivity index (χ4v) is 2.11. The van der Waals surface area contributed by atoms with Crippen LogP contribution in [0.3, 0.4) is 0 Å². The molecule has 0 saturated heterocycles. The van der Waals surface area contributed by atoms with E-state index < -0.39 is 0 Å². The van der Waals surface area contributed by atoms with E-state index in [2.05, 4.69) is 20.5 Å². The van der Waals surface area contributed by atoms with Gasteiger partial charge < -0.3 is 5.32 Å². The molecule has 6 heteroatoms. The molecule has 0 aliphatic rings. The van der Waals surface area contributed by atoms with Crippen molar-refractivity contribution in [2.45, 2.75) is 13.0 Å². The largest absolute Gasteiger partial charge is 0.352 e. The quantitative estimate of drug-likeness (QED) is 0.760. The van der Waals surface area contributed by atoms with E-state index in [4.69, 9.17) is 0 Å². The third kappa shape index (κ3) is 4.00. The summed E-state index contributed by atoms with van der Waals surface area (Å²) in [6, 6.07) is 15.5. The molecule has 0 spiro atoms. The Morgan fingerprint density at radius 2 is 1.83 bits per heavy atom. The molecule has 1 aromatic heterocycles. The van der Waals surface area contributed by atoms with Crippen LogP contribution in [0.1, 0.15) is 11.4 Å². The molecule has 0 radical (unpaired) electrons. The highest BCUT2D eigenvalue weighted by Gasteiger charge is 2.09. The molecule has 2 N–H and O–H groups in total. The summed E-state index contributed by atoms with van der Waals surface area (Å²) in [5, 5.41) is 9.65. The fourth-order valence-electron chi connectivity index (χ4n) is 2.11. The fraction of sp³-hybridized carbons (Fsp3) is 0.118. The molecule has 0 aliphatic carbocycles. The molecule has 0 bridgehead atoms. The first-order valence-electron chi connectivity index (χ1n) is 7.18. The average molecular weight is 310 g/mol. The van der Waals surface area contributed by atoms with Crippen LogP contribution in [0.15, 0.2) is 54.6 Å². The number of amides is 1. The predicted molar refractivity (Wildman–Crippen MR) is 83.8 cm³/mol. The van der Waals surface area contributed by atoms with Crippen molar-refractivity contribution in [3.05, 3.63) is 71.8 Å². The van der Waals surface area contributed by atoms with Gasteiger partial charge in [-0.3, -0.25) is 9.89 Å². The van der Waals surface area contributed by atoms with Crippen LogP contribution in [0.4, 0.5) is 4.39 Å². The highest BCUT2D eigenvalue weighted by molar-refractivity contribution is 5.77. The lowest BCUT2D eigenvalue weighted by molar-refractivity contribution is -0.120. The lowest BCUT2D eigenvalue weighted by atomic mass is 10.2. The lowest BCUT2D eigenvalue weighted by Crippen LogP contribution is -2.25. The Morgan fingerprint density at radius 3 is 2.57 bits per heavy atom. The number of aromatic nitrogens is 3. The zero-order valence-electron chi connectivity index (χ0n) is 12.3. The first kappa shape index (κ1) is 14.9. The molecule has 3 rings (SSSR count). The van der Waals surface area contributed by atoms with Gasteiger partial charge in [0.2, 0.25) is 5.91 Å². The topological polar surface area (TPSA) is 70.7 Å². The van der Waals surface area contributed by atoms with Crippen LogP contribution in [0.5, 0.6) is 0 Å². The van der Waals surface area contributed by atoms with Gasteiger partial charge in [0.25, 0.3) is 0 Å². The van der Waals surface area contributed by atoms with Crippen molar-refractivity contribution in [3.8, 4) is 11.4 Å². The number of carbonyl (C=O) groups is 1. The first-order chi connectivity index (χ1) is 11.2. The summed E-state index contributed by atoms with van der Waals surface area (Å²) in [7, 11) is 0. The average Bonchev–Trinajstić information content (AvgIpc) is 3.04. The molecule has 23 heavy (non-hydrogen) atoms. The van der Waals surface area contributed by atoms with Gasteiger partial charge in [0.1, 0.15) is 11.6 Å². The van der Waals surface area contributed by atoms with E-state index in [9.17, 15) is 9.18 Å². The van der Waals surface area contributed by atoms with Gasteiger partial charge in [0.15, 0.2) is 5.82 Å². The normalized spacial score (nSPS) is 10.5. The summed E-state index contributed by atoms with van der Waals surface area (Å²) >= 11 is 0. The molecule has 0 atom stereocenters. The van der Waals surface area contributed by atoms with Crippen molar-refractivity contribution < 1.29 is 9.18 Å². The monoisotopic (exact) mass is 310 g/mol. The molecular weight excluding hydrogens is 295 g/mol. The predicted octanol–water partition coefficient (Wildman–Crippen LogP) is 2.47. The second-order valence-corrected chi connectivity index (χ2v) is 5.05. The molecule has 2 aromatic carbocycles. The summed E-state index contributed by atoms with van der Waals surface area (Å²) < 4.78 is 12.8. The zero-order valence-corrected chi connectivity index (χ0v) is 12.3. The maximum atomic E-state index is 12.8. The Kier molecular flexibility index (Phi) is 4.42. The second-order valence-electron chi connectivity index (χ2n) is 5.05. The molecule has 5 nitrogen and oxygen atoms in total. The van der Waals surface area contributed by atoms with E-state index in [1.807, 2.05) is 30.3 Å². The van der Waals surface area contributed by atoms with E-state index in [1.165, 1.54) is 12.1 Å². The van der Waals surface area contributed by atoms with Gasteiger partial charge in [-0.1, -0.05) is 42.5 Å². The summed E-state index contributed by atoms with van der Waals surface area (Å²) in [5.41, 5.74) is 1.73. The van der Waals surface area contributed by atoms with Gasteiger partial charge >= 0.3 is 0 Å². The molecule has 3 aromatic rings. The van der Waals surface area contributed by atoms with E-state index in [0.29, 0.717) is 18.2 Å². The van der Waals surface area contributed by atoms with Crippen molar-refractivity contribution in [1.82, 2.24) is 20.5 Å². The maximum Gasteiger partial charge on any atom is 0.227 e. The van der Waals surface area contributed by atoms with E-state index >= 15 is 0 Å². The molecule has 1 amide bonds. The van der Waals surface area contributed by atoms with Crippen LogP contribution in [-0.2, 0) is 17.8 Å². The number of hydrogen-bond acceptors (Lipinski definition) is 3. The van der Waals surface area contributed by atoms with Gasteiger partial charge in [0.05, 0.1) is 6.42 Å². The number of halogens is 1. The highest BCUT2D eigenvalue weighted by atomic mass is 19.1. The highest BCUT2D eigenvalue weighted by Crippen LogP contribution is 2.13. The Labute approximate surface area is 132 Å². The minimum Gasteiger partial charge on any atom is -0.352 e. The SMILES string of the molecule is O=C(Cc1nc(-c2ccccc2)n[nH]1)NCc1ccc(F)cc1. The van der Waals surface area contributed by atoms with Crippen molar-refractivity contribution in [1.29, 1.82) is 0 Å². The number of H-pyrrole nitrogens is 1. The minimum absolute atomic E-state index is 0.112. The van der Waals surface area contributed by atoms with Crippen molar-refractivity contribution in [3.63, 3.8) is 0 Å². The molecular formula is C17H15FN4O. The van der Waals surface area contributed by atoms with Crippen molar-refractivity contribution >= 4 is 5.91 Å². The van der Waals surface area contributed by atoms with E-state index in [-0.39, 0.29) is 18.1 Å². The third-order valence-electron chi connectivity index (χ3n) is 3.29. The third-order valence-corrected chi connectivity index (χ3v) is 3.29. The summed E-state index contributed by atoms with van der Waals surface area (Å²) in [6.45, 7) is 0.346. The maximum absolute atomic E-state index is 12.8. The Balaban J connectivity index is 1.56. The van der Waals surface area contributed by atoms with E-state index in [1.54, 1.807) is 12.1 Å². The number of hydrogen-bond donors (Lipinski definition) is 2. The molecule has 0 unspecified atom stereocenters. The van der Waals surface area contributed by atoms with Crippen molar-refractivity contribution in [2.24, 2.45) is 0 Å². The number of aromatic amines is 1. The number of benzene rings is 2. The first-order valence-corrected chi connectivity index (χ1v) is 7.18. The standard InChI is InChI=1S/C17H15FN4O/c18-14-8-6-12(7-9-14)11-19-16(23)10-15-20-17(22-21-15)13-4-2-1-3-5-13/h1-9H,10-11H2,(H,19,23)(H,20,21,22). The van der Waals surface area contributed by atoms with Gasteiger partial charge in [-0.15, -0.1) is 0 Å². The van der Waals surface area contributed by atoms with Crippen LogP contribution in [0.2, 0.25) is 0 Å². The summed E-state index contributed by atoms with van der Waals surface area (Å²) in [5.74, 6) is 0.590. The molecule has 1 heterocycles. The van der Waals surface area contributed by atoms with Gasteiger partial charge in [0, 0.05) is 12.1 Å². The van der Waals surface area contributed by atoms with Gasteiger partial charge in [-0.05, 0) is 17.7 Å². The van der Waals surface area contributed by atoms with Crippen LogP contribution in [-0.4, -0.2) is 21.1 Å². The van der Waals surface area contributed by atoms with Crippen LogP contribution >= 0.6 is 0 Å². The number of nitrogens with one attached hydrogen (secondary N) is 2. The lowest BCUT2D eigenvalue weighted by Gasteiger charge is -2.03. The van der Waals surface area contributed by atoms with Gasteiger partial charge in [-0.25, -0.2) is 9.37 Å². The number of rotatable bonds is 5. The Bertz CT molecular complexity index is 784. The van der Waals surface area contributed by atoms with Gasteiger partial charge in [-0.2, -0.15) is 5.10 Å². The Hall–Kier alpha value is -3.02. The summed E-state index contributed by atoms with van der Waals surface area (Å²) in [4.78, 5) is 16.2. The van der Waals surface area contributed by atoms with Crippen molar-refractivity contribution in [2.75, 3.05) is 0 Å². The van der Waals surface area contributed by atoms with Crippen LogP contribution in [0, 0.1) is 5.82 Å². The zero-order chi connectivity index (χ0) is 16.1. The minimum atomic E-state index is -0.296. The second kappa shape index (κ2) is 6.83. The smallest absolute Gasteiger partial charge is 0.227 e. The number of carbonyl (C=O) groups excluding carboxylic acids is 1. The van der Waals surface area contributed by atoms with Crippen LogP contribution in [0.25, 0.3) is 11.4 Å². The summed E-state index contributed by atoms with van der Waals surface area (Å²) in [6.07, 6.45) is 0.112. The van der Waals surface area contributed by atoms with E-state index in [0.717, 1.165) is 11.1 Å².